The summed E-state index contributed by atoms with van der Waals surface area (Å²) in [6, 6.07) is 8.13. The van der Waals surface area contributed by atoms with Crippen LogP contribution in [0.15, 0.2) is 24.3 Å². The Bertz CT molecular complexity index is 928. The first-order valence-corrected chi connectivity index (χ1v) is 9.42. The van der Waals surface area contributed by atoms with Crippen molar-refractivity contribution in [2.45, 2.75) is 51.9 Å². The summed E-state index contributed by atoms with van der Waals surface area (Å²) in [5.74, 6) is 1.12. The highest BCUT2D eigenvalue weighted by atomic mass is 16.7. The SMILES string of the molecule is CCCc1nc2c(N)nc3ccccc3c2n1CCCC1(C)OCCO1. The van der Waals surface area contributed by atoms with E-state index in [1.54, 1.807) is 0 Å². The lowest BCUT2D eigenvalue weighted by molar-refractivity contribution is -0.147. The fraction of sp³-hybridized carbons (Fsp3) is 0.500. The highest BCUT2D eigenvalue weighted by molar-refractivity contribution is 6.06. The van der Waals surface area contributed by atoms with Crippen LogP contribution in [0, 0.1) is 0 Å². The van der Waals surface area contributed by atoms with Gasteiger partial charge in [0.25, 0.3) is 0 Å². The van der Waals surface area contributed by atoms with Crippen LogP contribution in [-0.4, -0.2) is 33.5 Å². The smallest absolute Gasteiger partial charge is 0.165 e. The van der Waals surface area contributed by atoms with Crippen molar-refractivity contribution in [1.82, 2.24) is 14.5 Å². The predicted molar refractivity (Wildman–Crippen MR) is 103 cm³/mol. The first kappa shape index (κ1) is 17.2. The van der Waals surface area contributed by atoms with Crippen LogP contribution in [-0.2, 0) is 22.4 Å². The number of imidazole rings is 1. The Morgan fingerprint density at radius 1 is 1.19 bits per heavy atom. The van der Waals surface area contributed by atoms with Gasteiger partial charge in [-0.05, 0) is 25.8 Å². The molecule has 6 nitrogen and oxygen atoms in total. The minimum absolute atomic E-state index is 0.454. The maximum absolute atomic E-state index is 6.22. The average molecular weight is 354 g/mol. The van der Waals surface area contributed by atoms with E-state index in [1.807, 2.05) is 25.1 Å². The highest BCUT2D eigenvalue weighted by Crippen LogP contribution is 2.30. The third-order valence-corrected chi connectivity index (χ3v) is 5.07. The quantitative estimate of drug-likeness (QED) is 0.731. The number of hydrogen-bond acceptors (Lipinski definition) is 5. The first-order chi connectivity index (χ1) is 12.6. The summed E-state index contributed by atoms with van der Waals surface area (Å²) < 4.78 is 13.8. The zero-order chi connectivity index (χ0) is 18.1. The van der Waals surface area contributed by atoms with E-state index in [1.165, 1.54) is 0 Å². The monoisotopic (exact) mass is 354 g/mol. The zero-order valence-electron chi connectivity index (χ0n) is 15.5. The summed E-state index contributed by atoms with van der Waals surface area (Å²) in [6.07, 6.45) is 3.78. The molecule has 0 amide bonds. The van der Waals surface area contributed by atoms with E-state index in [0.717, 1.165) is 60.0 Å². The van der Waals surface area contributed by atoms with Crippen molar-refractivity contribution in [2.24, 2.45) is 0 Å². The molecule has 2 N–H and O–H groups in total. The number of nitrogens with zero attached hydrogens (tertiary/aromatic N) is 3. The van der Waals surface area contributed by atoms with Gasteiger partial charge in [-0.25, -0.2) is 9.97 Å². The maximum Gasteiger partial charge on any atom is 0.165 e. The van der Waals surface area contributed by atoms with Crippen LogP contribution in [0.1, 0.15) is 38.9 Å². The van der Waals surface area contributed by atoms with Crippen LogP contribution < -0.4 is 5.73 Å². The Kier molecular flexibility index (Phi) is 4.54. The van der Waals surface area contributed by atoms with Crippen molar-refractivity contribution >= 4 is 27.8 Å². The van der Waals surface area contributed by atoms with Gasteiger partial charge in [0, 0.05) is 24.8 Å². The molecule has 26 heavy (non-hydrogen) atoms. The molecule has 0 radical (unpaired) electrons. The van der Waals surface area contributed by atoms with Crippen molar-refractivity contribution in [3.8, 4) is 0 Å². The molecule has 0 spiro atoms. The number of pyridine rings is 1. The molecule has 2 aromatic heterocycles. The number of ether oxygens (including phenoxy) is 2. The molecule has 1 saturated heterocycles. The van der Waals surface area contributed by atoms with Crippen LogP contribution >= 0.6 is 0 Å². The summed E-state index contributed by atoms with van der Waals surface area (Å²) in [6.45, 7) is 6.42. The van der Waals surface area contributed by atoms with Gasteiger partial charge in [0.2, 0.25) is 0 Å². The van der Waals surface area contributed by atoms with E-state index in [9.17, 15) is 0 Å². The maximum atomic E-state index is 6.22. The van der Waals surface area contributed by atoms with Gasteiger partial charge in [0.05, 0.1) is 24.2 Å². The molecular formula is C20H26N4O2. The van der Waals surface area contributed by atoms with Crippen LogP contribution in [0.2, 0.25) is 0 Å². The molecule has 1 aliphatic rings. The number of para-hydroxylation sites is 1. The van der Waals surface area contributed by atoms with Crippen molar-refractivity contribution < 1.29 is 9.47 Å². The number of nitrogens with two attached hydrogens (primary N) is 1. The molecule has 1 aliphatic heterocycles. The van der Waals surface area contributed by atoms with Gasteiger partial charge in [0.15, 0.2) is 11.6 Å². The second-order valence-electron chi connectivity index (χ2n) is 7.08. The second kappa shape index (κ2) is 6.85. The molecular weight excluding hydrogens is 328 g/mol. The Morgan fingerprint density at radius 2 is 1.96 bits per heavy atom. The van der Waals surface area contributed by atoms with Gasteiger partial charge >= 0.3 is 0 Å². The number of anilines is 1. The van der Waals surface area contributed by atoms with Gasteiger partial charge in [-0.1, -0.05) is 25.1 Å². The van der Waals surface area contributed by atoms with Gasteiger partial charge in [-0.15, -0.1) is 0 Å². The molecule has 0 bridgehead atoms. The second-order valence-corrected chi connectivity index (χ2v) is 7.08. The van der Waals surface area contributed by atoms with Gasteiger partial charge in [-0.2, -0.15) is 0 Å². The fourth-order valence-electron chi connectivity index (χ4n) is 3.82. The molecule has 3 aromatic rings. The molecule has 0 unspecified atom stereocenters. The number of aryl methyl sites for hydroxylation is 2. The predicted octanol–water partition coefficient (Wildman–Crippen LogP) is 3.66. The van der Waals surface area contributed by atoms with E-state index < -0.39 is 5.79 Å². The van der Waals surface area contributed by atoms with Crippen molar-refractivity contribution in [3.63, 3.8) is 0 Å². The molecule has 3 heterocycles. The summed E-state index contributed by atoms with van der Waals surface area (Å²) in [5.41, 5.74) is 9.04. The van der Waals surface area contributed by atoms with Gasteiger partial charge in [0.1, 0.15) is 11.3 Å². The lowest BCUT2D eigenvalue weighted by Crippen LogP contribution is -2.25. The standard InChI is InChI=1S/C20H26N4O2/c1-3-7-16-23-17-18(14-8-4-5-9-15(14)22-19(17)21)24(16)11-6-10-20(2)25-12-13-26-20/h4-5,8-9H,3,6-7,10-13H2,1-2H3,(H2,21,22). The number of benzene rings is 1. The summed E-state index contributed by atoms with van der Waals surface area (Å²) in [5, 5.41) is 1.10. The zero-order valence-corrected chi connectivity index (χ0v) is 15.5. The number of aromatic nitrogens is 3. The lowest BCUT2D eigenvalue weighted by atomic mass is 10.1. The van der Waals surface area contributed by atoms with Crippen LogP contribution in [0.25, 0.3) is 21.9 Å². The molecule has 0 aliphatic carbocycles. The molecule has 4 rings (SSSR count). The third-order valence-electron chi connectivity index (χ3n) is 5.07. The molecule has 1 fully saturated rings. The molecule has 138 valence electrons. The Labute approximate surface area is 153 Å². The van der Waals surface area contributed by atoms with Gasteiger partial charge in [-0.3, -0.25) is 0 Å². The van der Waals surface area contributed by atoms with E-state index in [2.05, 4.69) is 22.5 Å². The summed E-state index contributed by atoms with van der Waals surface area (Å²) in [7, 11) is 0. The third kappa shape index (κ3) is 3.04. The Morgan fingerprint density at radius 3 is 2.73 bits per heavy atom. The van der Waals surface area contributed by atoms with E-state index in [-0.39, 0.29) is 0 Å². The number of rotatable bonds is 6. The lowest BCUT2D eigenvalue weighted by Gasteiger charge is -2.22. The number of nitrogen functional groups attached to an aromatic ring is 1. The minimum atomic E-state index is -0.454. The van der Waals surface area contributed by atoms with E-state index in [0.29, 0.717) is 19.0 Å². The first-order valence-electron chi connectivity index (χ1n) is 9.42. The summed E-state index contributed by atoms with van der Waals surface area (Å²) in [4.78, 5) is 9.37. The van der Waals surface area contributed by atoms with E-state index >= 15 is 0 Å². The highest BCUT2D eigenvalue weighted by Gasteiger charge is 2.30. The summed E-state index contributed by atoms with van der Waals surface area (Å²) >= 11 is 0. The van der Waals surface area contributed by atoms with Crippen LogP contribution in [0.3, 0.4) is 0 Å². The molecule has 0 atom stereocenters. The number of fused-ring (bicyclic) bond motifs is 3. The van der Waals surface area contributed by atoms with E-state index in [4.69, 9.17) is 20.2 Å². The average Bonchev–Trinajstić information content (AvgIpc) is 3.21. The number of hydrogen-bond donors (Lipinski definition) is 1. The topological polar surface area (TPSA) is 75.2 Å². The normalized spacial score (nSPS) is 16.7. The van der Waals surface area contributed by atoms with Crippen molar-refractivity contribution in [3.05, 3.63) is 30.1 Å². The molecule has 1 aromatic carbocycles. The minimum Gasteiger partial charge on any atom is -0.382 e. The Balaban J connectivity index is 1.74. The largest absolute Gasteiger partial charge is 0.382 e. The fourth-order valence-corrected chi connectivity index (χ4v) is 3.82. The van der Waals surface area contributed by atoms with Crippen LogP contribution in [0.5, 0.6) is 0 Å². The van der Waals surface area contributed by atoms with Crippen molar-refractivity contribution in [2.75, 3.05) is 18.9 Å². The van der Waals surface area contributed by atoms with Gasteiger partial charge < -0.3 is 19.8 Å². The van der Waals surface area contributed by atoms with Crippen LogP contribution in [0.4, 0.5) is 5.82 Å². The van der Waals surface area contributed by atoms with Crippen molar-refractivity contribution in [1.29, 1.82) is 0 Å². The molecule has 6 heteroatoms. The Hall–Kier alpha value is -2.18. The molecule has 0 saturated carbocycles.